The minimum Gasteiger partial charge on any atom is -0.303 e. The van der Waals surface area contributed by atoms with Crippen molar-refractivity contribution in [2.45, 2.75) is 19.4 Å². The first-order chi connectivity index (χ1) is 7.29. The minimum atomic E-state index is 0.241. The van der Waals surface area contributed by atoms with Crippen LogP contribution in [0.1, 0.15) is 18.5 Å². The number of nitrogens with zero attached hydrogens (tertiary/aromatic N) is 3. The highest BCUT2D eigenvalue weighted by atomic mass is 35.5. The first-order valence-corrected chi connectivity index (χ1v) is 6.09. The Morgan fingerprint density at radius 1 is 1.53 bits per heavy atom. The molecule has 1 aromatic heterocycles. The summed E-state index contributed by atoms with van der Waals surface area (Å²) in [5, 5.41) is 3.97. The molecule has 0 spiro atoms. The van der Waals surface area contributed by atoms with Gasteiger partial charge in [0.25, 0.3) is 0 Å². The largest absolute Gasteiger partial charge is 0.303 e. The molecule has 0 saturated carbocycles. The lowest BCUT2D eigenvalue weighted by Crippen LogP contribution is -2.33. The van der Waals surface area contributed by atoms with Crippen LogP contribution in [0.4, 0.5) is 0 Å². The van der Waals surface area contributed by atoms with Crippen LogP contribution in [0.5, 0.6) is 0 Å². The summed E-state index contributed by atoms with van der Waals surface area (Å²) in [6, 6.07) is 0. The summed E-state index contributed by atoms with van der Waals surface area (Å²) in [4.78, 5) is 12.8. The third-order valence-electron chi connectivity index (χ3n) is 2.71. The molecular weight excluding hydrogens is 234 g/mol. The third kappa shape index (κ3) is 2.74. The van der Waals surface area contributed by atoms with Gasteiger partial charge in [0.1, 0.15) is 16.3 Å². The van der Waals surface area contributed by atoms with Crippen molar-refractivity contribution in [3.05, 3.63) is 10.0 Å². The van der Waals surface area contributed by atoms with E-state index >= 15 is 0 Å². The first kappa shape index (κ1) is 11.0. The normalized spacial score (nSPS) is 19.3. The topological polar surface area (TPSA) is 46.1 Å². The molecule has 0 radical (unpaired) electrons. The Bertz CT molecular complexity index is 336. The molecule has 1 aromatic rings. The van der Waals surface area contributed by atoms with E-state index in [-0.39, 0.29) is 5.92 Å². The van der Waals surface area contributed by atoms with Crippen LogP contribution in [-0.4, -0.2) is 33.9 Å². The molecule has 1 aliphatic rings. The van der Waals surface area contributed by atoms with E-state index in [0.29, 0.717) is 4.34 Å². The molecular formula is C9H12ClN3OS. The number of carbonyl (C=O) groups is 1. The number of likely N-dealkylation sites (tertiary alicyclic amines) is 1. The van der Waals surface area contributed by atoms with Gasteiger partial charge in [-0.15, -0.1) is 5.10 Å². The van der Waals surface area contributed by atoms with E-state index in [4.69, 9.17) is 11.6 Å². The molecule has 0 N–H and O–H groups in total. The minimum absolute atomic E-state index is 0.241. The smallest absolute Gasteiger partial charge is 0.138 e. The molecule has 2 heterocycles. The van der Waals surface area contributed by atoms with Crippen LogP contribution >= 0.6 is 23.1 Å². The SMILES string of the molecule is O=CC1CCN(Cc2nnsc2Cl)CC1. The van der Waals surface area contributed by atoms with E-state index < -0.39 is 0 Å². The van der Waals surface area contributed by atoms with Crippen LogP contribution < -0.4 is 0 Å². The number of hydrogen-bond donors (Lipinski definition) is 0. The fourth-order valence-corrected chi connectivity index (χ4v) is 2.36. The molecule has 15 heavy (non-hydrogen) atoms. The highest BCUT2D eigenvalue weighted by molar-refractivity contribution is 7.10. The summed E-state index contributed by atoms with van der Waals surface area (Å²) in [6.07, 6.45) is 2.95. The van der Waals surface area contributed by atoms with Crippen LogP contribution in [0.25, 0.3) is 0 Å². The molecule has 0 unspecified atom stereocenters. The lowest BCUT2D eigenvalue weighted by molar-refractivity contribution is -0.112. The summed E-state index contributed by atoms with van der Waals surface area (Å²) < 4.78 is 4.47. The zero-order valence-electron chi connectivity index (χ0n) is 8.23. The monoisotopic (exact) mass is 245 g/mol. The number of aldehydes is 1. The Morgan fingerprint density at radius 2 is 2.27 bits per heavy atom. The quantitative estimate of drug-likeness (QED) is 0.759. The number of piperidine rings is 1. The van der Waals surface area contributed by atoms with E-state index in [1.807, 2.05) is 0 Å². The average Bonchev–Trinajstić information content (AvgIpc) is 2.66. The number of carbonyl (C=O) groups excluding carboxylic acids is 1. The lowest BCUT2D eigenvalue weighted by Gasteiger charge is -2.28. The van der Waals surface area contributed by atoms with Gasteiger partial charge in [-0.25, -0.2) is 0 Å². The zero-order valence-corrected chi connectivity index (χ0v) is 9.80. The second-order valence-electron chi connectivity index (χ2n) is 3.74. The predicted octanol–water partition coefficient (Wildman–Crippen LogP) is 1.60. The van der Waals surface area contributed by atoms with Gasteiger partial charge in [0.2, 0.25) is 0 Å². The second kappa shape index (κ2) is 5.01. The fourth-order valence-electron chi connectivity index (χ4n) is 1.75. The highest BCUT2D eigenvalue weighted by Crippen LogP contribution is 2.21. The second-order valence-corrected chi connectivity index (χ2v) is 5.10. The van der Waals surface area contributed by atoms with Gasteiger partial charge in [-0.2, -0.15) is 0 Å². The Morgan fingerprint density at radius 3 is 2.80 bits per heavy atom. The summed E-state index contributed by atoms with van der Waals surface area (Å²) in [5.41, 5.74) is 0.853. The van der Waals surface area contributed by atoms with Crippen LogP contribution in [0.15, 0.2) is 0 Å². The molecule has 1 saturated heterocycles. The maximum atomic E-state index is 10.6. The Labute approximate surface area is 97.4 Å². The molecule has 4 nitrogen and oxygen atoms in total. The van der Waals surface area contributed by atoms with Gasteiger partial charge < -0.3 is 4.79 Å². The molecule has 0 bridgehead atoms. The van der Waals surface area contributed by atoms with Gasteiger partial charge in [0.15, 0.2) is 0 Å². The molecule has 0 atom stereocenters. The molecule has 0 aliphatic carbocycles. The van der Waals surface area contributed by atoms with Gasteiger partial charge in [-0.3, -0.25) is 4.90 Å². The van der Waals surface area contributed by atoms with Gasteiger partial charge >= 0.3 is 0 Å². The van der Waals surface area contributed by atoms with Crippen LogP contribution in [0, 0.1) is 5.92 Å². The number of hydrogen-bond acceptors (Lipinski definition) is 5. The summed E-state index contributed by atoms with van der Waals surface area (Å²) in [5.74, 6) is 0.241. The lowest BCUT2D eigenvalue weighted by atomic mass is 9.99. The van der Waals surface area contributed by atoms with E-state index in [9.17, 15) is 4.79 Å². The number of rotatable bonds is 3. The first-order valence-electron chi connectivity index (χ1n) is 4.94. The van der Waals surface area contributed by atoms with Crippen molar-refractivity contribution in [1.82, 2.24) is 14.5 Å². The highest BCUT2D eigenvalue weighted by Gasteiger charge is 2.20. The van der Waals surface area contributed by atoms with Gasteiger partial charge in [-0.1, -0.05) is 16.1 Å². The van der Waals surface area contributed by atoms with Crippen molar-refractivity contribution >= 4 is 29.4 Å². The standard InChI is InChI=1S/C9H12ClN3OS/c10-9-8(11-12-15-9)5-13-3-1-7(6-14)2-4-13/h6-7H,1-5H2. The predicted molar refractivity (Wildman–Crippen MR) is 59.0 cm³/mol. The Balaban J connectivity index is 1.87. The zero-order chi connectivity index (χ0) is 10.7. The summed E-state index contributed by atoms with van der Waals surface area (Å²) >= 11 is 7.15. The van der Waals surface area contributed by atoms with Crippen molar-refractivity contribution < 1.29 is 4.79 Å². The van der Waals surface area contributed by atoms with Gasteiger partial charge in [0.05, 0.1) is 0 Å². The van der Waals surface area contributed by atoms with Crippen molar-refractivity contribution in [2.24, 2.45) is 5.92 Å². The van der Waals surface area contributed by atoms with Crippen LogP contribution in [-0.2, 0) is 11.3 Å². The van der Waals surface area contributed by atoms with E-state index in [2.05, 4.69) is 14.5 Å². The molecule has 6 heteroatoms. The van der Waals surface area contributed by atoms with E-state index in [1.165, 1.54) is 11.5 Å². The summed E-state index contributed by atoms with van der Waals surface area (Å²) in [6.45, 7) is 2.63. The van der Waals surface area contributed by atoms with Crippen molar-refractivity contribution in [1.29, 1.82) is 0 Å². The van der Waals surface area contributed by atoms with E-state index in [0.717, 1.165) is 44.5 Å². The Kier molecular flexibility index (Phi) is 3.66. The van der Waals surface area contributed by atoms with Crippen molar-refractivity contribution in [2.75, 3.05) is 13.1 Å². The molecule has 0 aromatic carbocycles. The fraction of sp³-hybridized carbons (Fsp3) is 0.667. The molecule has 2 rings (SSSR count). The molecule has 82 valence electrons. The number of aromatic nitrogens is 2. The van der Waals surface area contributed by atoms with Crippen LogP contribution in [0.2, 0.25) is 4.34 Å². The third-order valence-corrected chi connectivity index (χ3v) is 3.69. The van der Waals surface area contributed by atoms with Gasteiger partial charge in [-0.05, 0) is 25.9 Å². The van der Waals surface area contributed by atoms with Crippen LogP contribution in [0.3, 0.4) is 0 Å². The maximum Gasteiger partial charge on any atom is 0.138 e. The molecule has 0 amide bonds. The maximum absolute atomic E-state index is 10.6. The van der Waals surface area contributed by atoms with Gasteiger partial charge in [0, 0.05) is 24.0 Å². The average molecular weight is 246 g/mol. The molecule has 1 fully saturated rings. The number of halogens is 1. The molecule has 1 aliphatic heterocycles. The van der Waals surface area contributed by atoms with E-state index in [1.54, 1.807) is 0 Å². The summed E-state index contributed by atoms with van der Waals surface area (Å²) in [7, 11) is 0. The van der Waals surface area contributed by atoms with Crippen molar-refractivity contribution in [3.63, 3.8) is 0 Å². The van der Waals surface area contributed by atoms with Crippen molar-refractivity contribution in [3.8, 4) is 0 Å². The Hall–Kier alpha value is -0.520.